The van der Waals surface area contributed by atoms with Gasteiger partial charge in [0.15, 0.2) is 0 Å². The highest BCUT2D eigenvalue weighted by atomic mass is 16.3. The van der Waals surface area contributed by atoms with Crippen LogP contribution in [0.1, 0.15) is 30.5 Å². The van der Waals surface area contributed by atoms with Crippen LogP contribution in [-0.4, -0.2) is 42.2 Å². The number of carbonyl (C=O) groups is 1. The van der Waals surface area contributed by atoms with E-state index in [-0.39, 0.29) is 30.5 Å². The van der Waals surface area contributed by atoms with Gasteiger partial charge in [0.05, 0.1) is 30.3 Å². The topological polar surface area (TPSA) is 67.6 Å². The van der Waals surface area contributed by atoms with Crippen LogP contribution in [-0.2, 0) is 4.79 Å². The Kier molecular flexibility index (Phi) is 4.37. The van der Waals surface area contributed by atoms with Gasteiger partial charge in [-0.05, 0) is 47.4 Å². The third-order valence-electron chi connectivity index (χ3n) is 6.10. The number of amides is 1. The molecule has 2 aliphatic heterocycles. The van der Waals surface area contributed by atoms with Crippen LogP contribution in [0.4, 0.5) is 5.69 Å². The van der Waals surface area contributed by atoms with E-state index in [1.165, 1.54) is 0 Å². The number of anilines is 1. The number of hydrogen-bond donors (Lipinski definition) is 1. The van der Waals surface area contributed by atoms with Crippen molar-refractivity contribution in [1.82, 2.24) is 4.90 Å². The summed E-state index contributed by atoms with van der Waals surface area (Å²) in [6, 6.07) is 16.0. The average molecular weight is 361 g/mol. The van der Waals surface area contributed by atoms with E-state index in [4.69, 9.17) is 5.26 Å². The molecule has 0 saturated carbocycles. The van der Waals surface area contributed by atoms with Crippen LogP contribution in [0, 0.1) is 17.2 Å². The number of fused-ring (bicyclic) bond motifs is 3. The summed E-state index contributed by atoms with van der Waals surface area (Å²) in [6.07, 6.45) is 0.903. The highest BCUT2D eigenvalue weighted by Crippen LogP contribution is 2.49. The largest absolute Gasteiger partial charge is 0.394 e. The summed E-state index contributed by atoms with van der Waals surface area (Å²) in [5, 5.41) is 19.0. The summed E-state index contributed by atoms with van der Waals surface area (Å²) in [5.41, 5.74) is 4.97. The molecule has 2 aromatic rings. The summed E-state index contributed by atoms with van der Waals surface area (Å²) in [5.74, 6) is 0.311. The SMILES string of the molecule is CC(=O)N1CC[C@@H]2[C@@H](CO)N(C)c3ccc(-c4ccc(C#N)cc4)cc3[C@@H]21. The third kappa shape index (κ3) is 2.77. The lowest BCUT2D eigenvalue weighted by Crippen LogP contribution is -2.48. The van der Waals surface area contributed by atoms with Crippen molar-refractivity contribution >= 4 is 11.6 Å². The Hall–Kier alpha value is -2.84. The van der Waals surface area contributed by atoms with Gasteiger partial charge in [-0.15, -0.1) is 0 Å². The molecule has 1 N–H and O–H groups in total. The average Bonchev–Trinajstić information content (AvgIpc) is 3.13. The highest BCUT2D eigenvalue weighted by Gasteiger charge is 2.46. The van der Waals surface area contributed by atoms with Crippen molar-refractivity contribution in [3.63, 3.8) is 0 Å². The second-order valence-corrected chi connectivity index (χ2v) is 7.43. The number of nitriles is 1. The number of likely N-dealkylation sites (N-methyl/N-ethyl adjacent to an activating group) is 1. The Labute approximate surface area is 159 Å². The molecule has 0 aromatic heterocycles. The zero-order valence-corrected chi connectivity index (χ0v) is 15.6. The molecule has 4 rings (SSSR count). The highest BCUT2D eigenvalue weighted by molar-refractivity contribution is 5.77. The number of hydrogen-bond acceptors (Lipinski definition) is 4. The van der Waals surface area contributed by atoms with E-state index < -0.39 is 0 Å². The Morgan fingerprint density at radius 2 is 1.93 bits per heavy atom. The van der Waals surface area contributed by atoms with Gasteiger partial charge < -0.3 is 14.9 Å². The maximum atomic E-state index is 12.2. The smallest absolute Gasteiger partial charge is 0.219 e. The molecule has 1 fully saturated rings. The Bertz CT molecular complexity index is 916. The first-order valence-electron chi connectivity index (χ1n) is 9.30. The summed E-state index contributed by atoms with van der Waals surface area (Å²) >= 11 is 0. The van der Waals surface area contributed by atoms with Crippen LogP contribution in [0.3, 0.4) is 0 Å². The zero-order valence-electron chi connectivity index (χ0n) is 15.6. The van der Waals surface area contributed by atoms with E-state index in [2.05, 4.69) is 29.2 Å². The van der Waals surface area contributed by atoms with E-state index in [0.29, 0.717) is 5.56 Å². The van der Waals surface area contributed by atoms with Crippen molar-refractivity contribution in [3.05, 3.63) is 53.6 Å². The number of carbonyl (C=O) groups excluding carboxylic acids is 1. The molecule has 0 spiro atoms. The van der Waals surface area contributed by atoms with Crippen molar-refractivity contribution in [2.45, 2.75) is 25.4 Å². The van der Waals surface area contributed by atoms with Gasteiger partial charge in [0, 0.05) is 32.1 Å². The van der Waals surface area contributed by atoms with Crippen molar-refractivity contribution in [2.75, 3.05) is 25.1 Å². The number of likely N-dealkylation sites (tertiary alicyclic amines) is 1. The summed E-state index contributed by atoms with van der Waals surface area (Å²) in [6.45, 7) is 2.44. The van der Waals surface area contributed by atoms with E-state index in [1.807, 2.05) is 36.2 Å². The minimum Gasteiger partial charge on any atom is -0.394 e. The zero-order chi connectivity index (χ0) is 19.1. The van der Waals surface area contributed by atoms with E-state index >= 15 is 0 Å². The maximum absolute atomic E-state index is 12.2. The molecular weight excluding hydrogens is 338 g/mol. The minimum absolute atomic E-state index is 0.00387. The third-order valence-corrected chi connectivity index (χ3v) is 6.10. The first kappa shape index (κ1) is 17.6. The monoisotopic (exact) mass is 361 g/mol. The first-order valence-corrected chi connectivity index (χ1v) is 9.30. The van der Waals surface area contributed by atoms with Crippen LogP contribution in [0.25, 0.3) is 11.1 Å². The Balaban J connectivity index is 1.82. The molecule has 2 aromatic carbocycles. The van der Waals surface area contributed by atoms with Crippen molar-refractivity contribution in [2.24, 2.45) is 5.92 Å². The normalized spacial score (nSPS) is 23.6. The predicted octanol–water partition coefficient (Wildman–Crippen LogP) is 2.95. The number of aliphatic hydroxyl groups excluding tert-OH is 1. The molecule has 1 amide bonds. The van der Waals surface area contributed by atoms with Crippen molar-refractivity contribution < 1.29 is 9.90 Å². The maximum Gasteiger partial charge on any atom is 0.219 e. The molecule has 0 radical (unpaired) electrons. The minimum atomic E-state index is 0.00387. The van der Waals surface area contributed by atoms with Crippen LogP contribution in [0.5, 0.6) is 0 Å². The molecule has 2 aliphatic rings. The van der Waals surface area contributed by atoms with E-state index in [9.17, 15) is 9.90 Å². The summed E-state index contributed by atoms with van der Waals surface area (Å²) < 4.78 is 0. The van der Waals surface area contributed by atoms with Crippen LogP contribution in [0.15, 0.2) is 42.5 Å². The van der Waals surface area contributed by atoms with Gasteiger partial charge in [-0.2, -0.15) is 5.26 Å². The predicted molar refractivity (Wildman–Crippen MR) is 104 cm³/mol. The van der Waals surface area contributed by atoms with Gasteiger partial charge in [-0.1, -0.05) is 18.2 Å². The molecular formula is C22H23N3O2. The fourth-order valence-corrected chi connectivity index (χ4v) is 4.72. The van der Waals surface area contributed by atoms with Crippen LogP contribution in [0.2, 0.25) is 0 Å². The summed E-state index contributed by atoms with van der Waals surface area (Å²) in [4.78, 5) is 16.3. The van der Waals surface area contributed by atoms with Gasteiger partial charge in [0.25, 0.3) is 0 Å². The molecule has 138 valence electrons. The molecule has 5 nitrogen and oxygen atoms in total. The second kappa shape index (κ2) is 6.71. The van der Waals surface area contributed by atoms with Crippen molar-refractivity contribution in [1.29, 1.82) is 5.26 Å². The lowest BCUT2D eigenvalue weighted by atomic mass is 9.81. The second-order valence-electron chi connectivity index (χ2n) is 7.43. The van der Waals surface area contributed by atoms with E-state index in [1.54, 1.807) is 6.92 Å². The standard InChI is InChI=1S/C22H23N3O2/c1-14(27)25-10-9-18-21(13-26)24(2)20-8-7-17(11-19(20)22(18)25)16-5-3-15(12-23)4-6-16/h3-8,11,18,21-22,26H,9-10,13H2,1-2H3/t18-,21-,22-/m1/s1. The van der Waals surface area contributed by atoms with Crippen LogP contribution < -0.4 is 4.90 Å². The number of rotatable bonds is 2. The Morgan fingerprint density at radius 1 is 1.22 bits per heavy atom. The van der Waals surface area contributed by atoms with Gasteiger partial charge >= 0.3 is 0 Å². The van der Waals surface area contributed by atoms with Crippen molar-refractivity contribution in [3.8, 4) is 17.2 Å². The van der Waals surface area contributed by atoms with Crippen LogP contribution >= 0.6 is 0 Å². The van der Waals surface area contributed by atoms with Gasteiger partial charge in [0.2, 0.25) is 5.91 Å². The molecule has 27 heavy (non-hydrogen) atoms. The molecule has 0 bridgehead atoms. The lowest BCUT2D eigenvalue weighted by molar-refractivity contribution is -0.130. The number of nitrogens with zero attached hydrogens (tertiary/aromatic N) is 3. The summed E-state index contributed by atoms with van der Waals surface area (Å²) in [7, 11) is 2.02. The molecule has 0 aliphatic carbocycles. The van der Waals surface area contributed by atoms with E-state index in [0.717, 1.165) is 35.3 Å². The fraction of sp³-hybridized carbons (Fsp3) is 0.364. The van der Waals surface area contributed by atoms with Gasteiger partial charge in [-0.3, -0.25) is 4.79 Å². The number of benzene rings is 2. The molecule has 1 saturated heterocycles. The quantitative estimate of drug-likeness (QED) is 0.893. The molecule has 0 unspecified atom stereocenters. The lowest BCUT2D eigenvalue weighted by Gasteiger charge is -2.44. The fourth-order valence-electron chi connectivity index (χ4n) is 4.72. The first-order chi connectivity index (χ1) is 13.0. The molecule has 2 heterocycles. The Morgan fingerprint density at radius 3 is 2.56 bits per heavy atom. The van der Waals surface area contributed by atoms with Gasteiger partial charge in [0.1, 0.15) is 0 Å². The molecule has 5 heteroatoms. The molecule has 3 atom stereocenters. The number of aliphatic hydroxyl groups is 1. The van der Waals surface area contributed by atoms with Gasteiger partial charge in [-0.25, -0.2) is 0 Å².